The van der Waals surface area contributed by atoms with Gasteiger partial charge >= 0.3 is 0 Å². The highest BCUT2D eigenvalue weighted by Gasteiger charge is 2.12. The molecule has 3 aromatic rings. The SMILES string of the molecule is COc1ccc(Cl)cc1NC(=O)c1cnc(Nc2cccc(C(C)=O)c2)cn1. The summed E-state index contributed by atoms with van der Waals surface area (Å²) in [6.07, 6.45) is 2.79. The molecule has 1 heterocycles. The third-order valence-corrected chi connectivity index (χ3v) is 4.07. The van der Waals surface area contributed by atoms with Crippen molar-refractivity contribution >= 4 is 40.5 Å². The lowest BCUT2D eigenvalue weighted by Crippen LogP contribution is -2.15. The number of halogens is 1. The fraction of sp³-hybridized carbons (Fsp3) is 0.100. The number of nitrogens with zero attached hydrogens (tertiary/aromatic N) is 2. The molecule has 28 heavy (non-hydrogen) atoms. The first-order valence-corrected chi connectivity index (χ1v) is 8.69. The van der Waals surface area contributed by atoms with Gasteiger partial charge in [-0.2, -0.15) is 0 Å². The first kappa shape index (κ1) is 19.3. The Morgan fingerprint density at radius 3 is 2.57 bits per heavy atom. The molecule has 0 spiro atoms. The molecule has 0 fully saturated rings. The fourth-order valence-electron chi connectivity index (χ4n) is 2.44. The minimum absolute atomic E-state index is 0.0294. The van der Waals surface area contributed by atoms with Gasteiger partial charge in [0.05, 0.1) is 25.2 Å². The molecule has 0 atom stereocenters. The Kier molecular flexibility index (Phi) is 5.86. The van der Waals surface area contributed by atoms with E-state index >= 15 is 0 Å². The molecule has 1 aromatic heterocycles. The summed E-state index contributed by atoms with van der Waals surface area (Å²) in [7, 11) is 1.50. The van der Waals surface area contributed by atoms with Crippen LogP contribution in [-0.2, 0) is 0 Å². The van der Waals surface area contributed by atoms with Gasteiger partial charge in [0.1, 0.15) is 17.3 Å². The summed E-state index contributed by atoms with van der Waals surface area (Å²) in [5.74, 6) is 0.448. The highest BCUT2D eigenvalue weighted by molar-refractivity contribution is 6.31. The summed E-state index contributed by atoms with van der Waals surface area (Å²) in [5.41, 5.74) is 1.85. The van der Waals surface area contributed by atoms with Crippen molar-refractivity contribution in [2.24, 2.45) is 0 Å². The van der Waals surface area contributed by atoms with Crippen molar-refractivity contribution < 1.29 is 14.3 Å². The zero-order valence-corrected chi connectivity index (χ0v) is 15.9. The lowest BCUT2D eigenvalue weighted by Gasteiger charge is -2.10. The van der Waals surface area contributed by atoms with Crippen LogP contribution in [0.3, 0.4) is 0 Å². The predicted octanol–water partition coefficient (Wildman–Crippen LogP) is 4.34. The van der Waals surface area contributed by atoms with Gasteiger partial charge in [0.15, 0.2) is 5.78 Å². The molecular weight excluding hydrogens is 380 g/mol. The smallest absolute Gasteiger partial charge is 0.275 e. The second-order valence-electron chi connectivity index (χ2n) is 5.85. The highest BCUT2D eigenvalue weighted by Crippen LogP contribution is 2.28. The van der Waals surface area contributed by atoms with E-state index in [1.165, 1.54) is 26.4 Å². The maximum Gasteiger partial charge on any atom is 0.275 e. The Hall–Kier alpha value is -3.45. The highest BCUT2D eigenvalue weighted by atomic mass is 35.5. The molecule has 0 aliphatic rings. The molecule has 0 aliphatic heterocycles. The van der Waals surface area contributed by atoms with E-state index in [-0.39, 0.29) is 11.5 Å². The minimum Gasteiger partial charge on any atom is -0.495 e. The zero-order valence-electron chi connectivity index (χ0n) is 15.2. The molecule has 0 saturated carbocycles. The molecule has 8 heteroatoms. The van der Waals surface area contributed by atoms with Crippen LogP contribution < -0.4 is 15.4 Å². The topological polar surface area (TPSA) is 93.2 Å². The van der Waals surface area contributed by atoms with Gasteiger partial charge in [-0.05, 0) is 37.3 Å². The van der Waals surface area contributed by atoms with Crippen molar-refractivity contribution in [1.29, 1.82) is 0 Å². The average Bonchev–Trinajstić information content (AvgIpc) is 2.69. The number of benzene rings is 2. The minimum atomic E-state index is -0.446. The molecule has 0 saturated heterocycles. The average molecular weight is 397 g/mol. The van der Waals surface area contributed by atoms with E-state index in [0.717, 1.165) is 0 Å². The lowest BCUT2D eigenvalue weighted by atomic mass is 10.1. The molecule has 1 amide bonds. The fourth-order valence-corrected chi connectivity index (χ4v) is 2.61. The molecule has 7 nitrogen and oxygen atoms in total. The summed E-state index contributed by atoms with van der Waals surface area (Å²) in [6, 6.07) is 11.9. The molecule has 0 radical (unpaired) electrons. The Morgan fingerprint density at radius 1 is 1.07 bits per heavy atom. The Bertz CT molecular complexity index is 1020. The van der Waals surface area contributed by atoms with Crippen LogP contribution in [-0.4, -0.2) is 28.8 Å². The lowest BCUT2D eigenvalue weighted by molar-refractivity contribution is 0.101. The number of ether oxygens (including phenoxy) is 1. The number of methoxy groups -OCH3 is 1. The van der Waals surface area contributed by atoms with Crippen molar-refractivity contribution in [3.05, 3.63) is 71.1 Å². The van der Waals surface area contributed by atoms with Gasteiger partial charge in [0.2, 0.25) is 0 Å². The third-order valence-electron chi connectivity index (χ3n) is 3.84. The summed E-state index contributed by atoms with van der Waals surface area (Å²) in [5, 5.41) is 6.21. The zero-order chi connectivity index (χ0) is 20.1. The number of ketones is 1. The Labute approximate surface area is 166 Å². The van der Waals surface area contributed by atoms with Gasteiger partial charge < -0.3 is 15.4 Å². The van der Waals surface area contributed by atoms with Crippen LogP contribution in [0.15, 0.2) is 54.9 Å². The normalized spacial score (nSPS) is 10.2. The summed E-state index contributed by atoms with van der Waals surface area (Å²) < 4.78 is 5.21. The molecule has 2 N–H and O–H groups in total. The van der Waals surface area contributed by atoms with Crippen LogP contribution >= 0.6 is 11.6 Å². The molecule has 0 bridgehead atoms. The Morgan fingerprint density at radius 2 is 1.89 bits per heavy atom. The van der Waals surface area contributed by atoms with Gasteiger partial charge in [0, 0.05) is 16.3 Å². The van der Waals surface area contributed by atoms with Gasteiger partial charge in [-0.1, -0.05) is 23.7 Å². The van der Waals surface area contributed by atoms with Gasteiger partial charge in [-0.25, -0.2) is 9.97 Å². The quantitative estimate of drug-likeness (QED) is 0.602. The number of amides is 1. The largest absolute Gasteiger partial charge is 0.495 e. The van der Waals surface area contributed by atoms with Crippen LogP contribution in [0, 0.1) is 0 Å². The summed E-state index contributed by atoms with van der Waals surface area (Å²) in [4.78, 5) is 32.2. The van der Waals surface area contributed by atoms with Crippen molar-refractivity contribution in [1.82, 2.24) is 9.97 Å². The van der Waals surface area contributed by atoms with E-state index in [1.807, 2.05) is 0 Å². The van der Waals surface area contributed by atoms with Gasteiger partial charge in [-0.15, -0.1) is 0 Å². The molecule has 0 aliphatic carbocycles. The van der Waals surface area contributed by atoms with Crippen LogP contribution in [0.5, 0.6) is 5.75 Å². The van der Waals surface area contributed by atoms with E-state index in [0.29, 0.717) is 33.5 Å². The molecule has 0 unspecified atom stereocenters. The summed E-state index contributed by atoms with van der Waals surface area (Å²) >= 11 is 5.97. The number of rotatable bonds is 6. The number of nitrogens with one attached hydrogen (secondary N) is 2. The van der Waals surface area contributed by atoms with Crippen molar-refractivity contribution in [3.63, 3.8) is 0 Å². The van der Waals surface area contributed by atoms with E-state index in [4.69, 9.17) is 16.3 Å². The number of carbonyl (C=O) groups excluding carboxylic acids is 2. The van der Waals surface area contributed by atoms with Crippen LogP contribution in [0.1, 0.15) is 27.8 Å². The number of hydrogen-bond donors (Lipinski definition) is 2. The van der Waals surface area contributed by atoms with Crippen LogP contribution in [0.4, 0.5) is 17.2 Å². The van der Waals surface area contributed by atoms with E-state index in [1.54, 1.807) is 42.5 Å². The second kappa shape index (κ2) is 8.49. The standard InChI is InChI=1S/C20H17ClN4O3/c1-12(26)13-4-3-5-15(8-13)24-19-11-22-17(10-23-19)20(27)25-16-9-14(21)6-7-18(16)28-2/h3-11H,1-2H3,(H,23,24)(H,25,27). The molecular formula is C20H17ClN4O3. The first-order chi connectivity index (χ1) is 13.5. The third kappa shape index (κ3) is 4.63. The number of Topliss-reactive ketones (excluding diaryl/α,β-unsaturated/α-hetero) is 1. The first-order valence-electron chi connectivity index (χ1n) is 8.31. The van der Waals surface area contributed by atoms with E-state index in [2.05, 4.69) is 20.6 Å². The van der Waals surface area contributed by atoms with Crippen molar-refractivity contribution in [2.75, 3.05) is 17.7 Å². The number of hydrogen-bond acceptors (Lipinski definition) is 6. The predicted molar refractivity (Wildman–Crippen MR) is 108 cm³/mol. The monoisotopic (exact) mass is 396 g/mol. The van der Waals surface area contributed by atoms with E-state index in [9.17, 15) is 9.59 Å². The van der Waals surface area contributed by atoms with Gasteiger partial charge in [0.25, 0.3) is 5.91 Å². The summed E-state index contributed by atoms with van der Waals surface area (Å²) in [6.45, 7) is 1.50. The van der Waals surface area contributed by atoms with Crippen molar-refractivity contribution in [3.8, 4) is 5.75 Å². The Balaban J connectivity index is 1.72. The number of carbonyl (C=O) groups is 2. The molecule has 2 aromatic carbocycles. The maximum atomic E-state index is 12.4. The van der Waals surface area contributed by atoms with Gasteiger partial charge in [-0.3, -0.25) is 9.59 Å². The maximum absolute atomic E-state index is 12.4. The van der Waals surface area contributed by atoms with Crippen LogP contribution in [0.2, 0.25) is 5.02 Å². The second-order valence-corrected chi connectivity index (χ2v) is 6.28. The molecule has 3 rings (SSSR count). The number of aromatic nitrogens is 2. The van der Waals surface area contributed by atoms with Crippen LogP contribution in [0.25, 0.3) is 0 Å². The molecule has 142 valence electrons. The number of anilines is 3. The van der Waals surface area contributed by atoms with Crippen molar-refractivity contribution in [2.45, 2.75) is 6.92 Å². The van der Waals surface area contributed by atoms with E-state index < -0.39 is 5.91 Å².